The Balaban J connectivity index is 2.41. The van der Waals surface area contributed by atoms with Gasteiger partial charge in [0.05, 0.1) is 0 Å². The molecule has 0 spiro atoms. The van der Waals surface area contributed by atoms with Crippen molar-refractivity contribution in [2.24, 2.45) is 0 Å². The maximum Gasteiger partial charge on any atom is 0.328 e. The molecule has 0 aromatic heterocycles. The van der Waals surface area contributed by atoms with Crippen LogP contribution in [0, 0.1) is 0 Å². The van der Waals surface area contributed by atoms with Gasteiger partial charge in [-0.05, 0) is 33.2 Å². The van der Waals surface area contributed by atoms with Crippen LogP contribution in [0.1, 0.15) is 26.7 Å². The van der Waals surface area contributed by atoms with Gasteiger partial charge in [0.1, 0.15) is 0 Å². The average molecular weight is 183 g/mol. The Morgan fingerprint density at radius 1 is 1.62 bits per heavy atom. The molecule has 0 aromatic carbocycles. The van der Waals surface area contributed by atoms with E-state index in [1.165, 1.54) is 18.9 Å². The van der Waals surface area contributed by atoms with Gasteiger partial charge in [0.25, 0.3) is 0 Å². The molecule has 3 nitrogen and oxygen atoms in total. The molecule has 1 aliphatic heterocycles. The molecule has 1 fully saturated rings. The molecule has 74 valence electrons. The largest absolute Gasteiger partial charge is 0.478 e. The molecule has 0 aromatic rings. The molecule has 1 N–H and O–H groups in total. The SMILES string of the molecule is CC1(C)CCCN1CC=CC(=O)O. The fourth-order valence-electron chi connectivity index (χ4n) is 1.78. The van der Waals surface area contributed by atoms with Crippen LogP contribution in [-0.4, -0.2) is 34.6 Å². The Morgan fingerprint density at radius 2 is 2.31 bits per heavy atom. The Labute approximate surface area is 79.0 Å². The number of hydrogen-bond donors (Lipinski definition) is 1. The third kappa shape index (κ3) is 2.84. The van der Waals surface area contributed by atoms with Crippen LogP contribution in [-0.2, 0) is 4.79 Å². The van der Waals surface area contributed by atoms with E-state index in [9.17, 15) is 4.79 Å². The summed E-state index contributed by atoms with van der Waals surface area (Å²) in [6.45, 7) is 6.24. The van der Waals surface area contributed by atoms with Crippen LogP contribution >= 0.6 is 0 Å². The van der Waals surface area contributed by atoms with E-state index in [-0.39, 0.29) is 5.54 Å². The highest BCUT2D eigenvalue weighted by atomic mass is 16.4. The molecular weight excluding hydrogens is 166 g/mol. The minimum absolute atomic E-state index is 0.239. The smallest absolute Gasteiger partial charge is 0.328 e. The summed E-state index contributed by atoms with van der Waals surface area (Å²) in [4.78, 5) is 12.5. The molecule has 0 saturated carbocycles. The molecule has 1 saturated heterocycles. The van der Waals surface area contributed by atoms with Crippen LogP contribution in [0.15, 0.2) is 12.2 Å². The number of rotatable bonds is 3. The predicted molar refractivity (Wildman–Crippen MR) is 51.7 cm³/mol. The normalized spacial score (nSPS) is 22.6. The number of carbonyl (C=O) groups is 1. The van der Waals surface area contributed by atoms with Crippen molar-refractivity contribution in [3.05, 3.63) is 12.2 Å². The summed E-state index contributed by atoms with van der Waals surface area (Å²) < 4.78 is 0. The minimum atomic E-state index is -0.864. The van der Waals surface area contributed by atoms with Gasteiger partial charge in [0.15, 0.2) is 0 Å². The summed E-state index contributed by atoms with van der Waals surface area (Å²) in [5.74, 6) is -0.864. The maximum atomic E-state index is 10.2. The lowest BCUT2D eigenvalue weighted by Crippen LogP contribution is -2.38. The van der Waals surface area contributed by atoms with Crippen LogP contribution < -0.4 is 0 Å². The predicted octanol–water partition coefficient (Wildman–Crippen LogP) is 1.50. The molecule has 0 atom stereocenters. The Bertz CT molecular complexity index is 221. The summed E-state index contributed by atoms with van der Waals surface area (Å²) in [7, 11) is 0. The first-order chi connectivity index (χ1) is 6.02. The van der Waals surface area contributed by atoms with Crippen molar-refractivity contribution in [3.8, 4) is 0 Å². The first kappa shape index (κ1) is 10.3. The zero-order valence-corrected chi connectivity index (χ0v) is 8.29. The molecule has 1 rings (SSSR count). The second kappa shape index (κ2) is 3.92. The van der Waals surface area contributed by atoms with E-state index in [1.807, 2.05) is 0 Å². The zero-order valence-electron chi connectivity index (χ0n) is 8.29. The van der Waals surface area contributed by atoms with Crippen molar-refractivity contribution in [2.75, 3.05) is 13.1 Å². The summed E-state index contributed by atoms with van der Waals surface area (Å²) in [6.07, 6.45) is 5.35. The second-order valence-corrected chi connectivity index (χ2v) is 4.10. The van der Waals surface area contributed by atoms with Crippen molar-refractivity contribution >= 4 is 5.97 Å². The van der Waals surface area contributed by atoms with Gasteiger partial charge in [-0.2, -0.15) is 0 Å². The lowest BCUT2D eigenvalue weighted by atomic mass is 10.0. The van der Waals surface area contributed by atoms with Crippen LogP contribution in [0.3, 0.4) is 0 Å². The monoisotopic (exact) mass is 183 g/mol. The van der Waals surface area contributed by atoms with E-state index in [2.05, 4.69) is 18.7 Å². The fraction of sp³-hybridized carbons (Fsp3) is 0.700. The van der Waals surface area contributed by atoms with E-state index in [0.717, 1.165) is 13.1 Å². The molecule has 1 heterocycles. The molecule has 0 unspecified atom stereocenters. The van der Waals surface area contributed by atoms with Gasteiger partial charge in [0.2, 0.25) is 0 Å². The second-order valence-electron chi connectivity index (χ2n) is 4.10. The number of carboxylic acids is 1. The highest BCUT2D eigenvalue weighted by Crippen LogP contribution is 2.27. The summed E-state index contributed by atoms with van der Waals surface area (Å²) >= 11 is 0. The maximum absolute atomic E-state index is 10.2. The molecular formula is C10H17NO2. The lowest BCUT2D eigenvalue weighted by Gasteiger charge is -2.30. The standard InChI is InChI=1S/C10H17NO2/c1-10(2)6-4-8-11(10)7-3-5-9(12)13/h3,5H,4,6-8H2,1-2H3,(H,12,13). The number of hydrogen-bond acceptors (Lipinski definition) is 2. The summed E-state index contributed by atoms with van der Waals surface area (Å²) in [6, 6.07) is 0. The van der Waals surface area contributed by atoms with E-state index in [1.54, 1.807) is 6.08 Å². The number of likely N-dealkylation sites (tertiary alicyclic amines) is 1. The molecule has 1 aliphatic rings. The van der Waals surface area contributed by atoms with Crippen molar-refractivity contribution in [1.82, 2.24) is 4.90 Å². The third-order valence-electron chi connectivity index (χ3n) is 2.66. The van der Waals surface area contributed by atoms with E-state index >= 15 is 0 Å². The quantitative estimate of drug-likeness (QED) is 0.674. The van der Waals surface area contributed by atoms with E-state index < -0.39 is 5.97 Å². The Kier molecular flexibility index (Phi) is 3.09. The van der Waals surface area contributed by atoms with Gasteiger partial charge in [-0.3, -0.25) is 4.90 Å². The van der Waals surface area contributed by atoms with Crippen molar-refractivity contribution in [1.29, 1.82) is 0 Å². The highest BCUT2D eigenvalue weighted by Gasteiger charge is 2.30. The van der Waals surface area contributed by atoms with Gasteiger partial charge >= 0.3 is 5.97 Å². The number of aliphatic carboxylic acids is 1. The molecule has 13 heavy (non-hydrogen) atoms. The van der Waals surface area contributed by atoms with Crippen molar-refractivity contribution in [2.45, 2.75) is 32.2 Å². The van der Waals surface area contributed by atoms with Gasteiger partial charge in [0, 0.05) is 18.2 Å². The highest BCUT2D eigenvalue weighted by molar-refractivity contribution is 5.79. The molecule has 0 radical (unpaired) electrons. The van der Waals surface area contributed by atoms with Crippen LogP contribution in [0.4, 0.5) is 0 Å². The summed E-state index contributed by atoms with van der Waals surface area (Å²) in [5.41, 5.74) is 0.239. The van der Waals surface area contributed by atoms with Crippen LogP contribution in [0.25, 0.3) is 0 Å². The van der Waals surface area contributed by atoms with Gasteiger partial charge in [-0.25, -0.2) is 4.79 Å². The molecule has 0 aliphatic carbocycles. The van der Waals surface area contributed by atoms with Crippen LogP contribution in [0.5, 0.6) is 0 Å². The lowest BCUT2D eigenvalue weighted by molar-refractivity contribution is -0.131. The average Bonchev–Trinajstić information content (AvgIpc) is 2.30. The first-order valence-electron chi connectivity index (χ1n) is 4.67. The summed E-state index contributed by atoms with van der Waals surface area (Å²) in [5, 5.41) is 8.41. The van der Waals surface area contributed by atoms with Crippen molar-refractivity contribution < 1.29 is 9.90 Å². The van der Waals surface area contributed by atoms with E-state index in [4.69, 9.17) is 5.11 Å². The van der Waals surface area contributed by atoms with Crippen molar-refractivity contribution in [3.63, 3.8) is 0 Å². The van der Waals surface area contributed by atoms with Gasteiger partial charge in [-0.15, -0.1) is 0 Å². The number of carboxylic acid groups (broad SMARTS) is 1. The molecule has 3 heteroatoms. The van der Waals surface area contributed by atoms with Gasteiger partial charge < -0.3 is 5.11 Å². The molecule has 0 bridgehead atoms. The first-order valence-corrected chi connectivity index (χ1v) is 4.67. The van der Waals surface area contributed by atoms with E-state index in [0.29, 0.717) is 0 Å². The zero-order chi connectivity index (χ0) is 9.90. The Hall–Kier alpha value is -0.830. The Morgan fingerprint density at radius 3 is 2.77 bits per heavy atom. The third-order valence-corrected chi connectivity index (χ3v) is 2.66. The topological polar surface area (TPSA) is 40.5 Å². The molecule has 0 amide bonds. The fourth-order valence-corrected chi connectivity index (χ4v) is 1.78. The van der Waals surface area contributed by atoms with Gasteiger partial charge in [-0.1, -0.05) is 6.08 Å². The number of nitrogens with zero attached hydrogens (tertiary/aromatic N) is 1. The minimum Gasteiger partial charge on any atom is -0.478 e. The van der Waals surface area contributed by atoms with Crippen LogP contribution in [0.2, 0.25) is 0 Å².